The van der Waals surface area contributed by atoms with E-state index in [1.54, 1.807) is 0 Å². The van der Waals surface area contributed by atoms with E-state index in [9.17, 15) is 0 Å². The molecule has 0 aliphatic heterocycles. The average molecular weight is 384 g/mol. The maximum absolute atomic E-state index is 3.71. The minimum Gasteiger partial charge on any atom is -0.0656 e. The molecule has 0 aliphatic carbocycles. The fourth-order valence-electron chi connectivity index (χ4n) is 1.93. The summed E-state index contributed by atoms with van der Waals surface area (Å²) in [4.78, 5) is 0. The third kappa shape index (κ3) is 2.95. The lowest BCUT2D eigenvalue weighted by Crippen LogP contribution is -2.38. The zero-order chi connectivity index (χ0) is 13.3. The number of halogens is 2. The molecular weight excluding hydrogens is 368 g/mol. The van der Waals surface area contributed by atoms with Crippen molar-refractivity contribution in [3.8, 4) is 11.1 Å². The van der Waals surface area contributed by atoms with Gasteiger partial charge in [0.05, 0.1) is 8.07 Å². The van der Waals surface area contributed by atoms with Crippen molar-refractivity contribution in [3.05, 3.63) is 51.4 Å². The van der Waals surface area contributed by atoms with Gasteiger partial charge in [0.2, 0.25) is 0 Å². The molecule has 0 radical (unpaired) electrons. The number of rotatable bonds is 2. The monoisotopic (exact) mass is 382 g/mol. The summed E-state index contributed by atoms with van der Waals surface area (Å²) in [6, 6.07) is 15.0. The maximum atomic E-state index is 3.71. The maximum Gasteiger partial charge on any atom is 0.0791 e. The van der Waals surface area contributed by atoms with Gasteiger partial charge < -0.3 is 0 Å². The van der Waals surface area contributed by atoms with Crippen molar-refractivity contribution in [1.82, 2.24) is 0 Å². The molecule has 0 amide bonds. The normalized spacial score (nSPS) is 11.6. The molecule has 0 saturated carbocycles. The van der Waals surface area contributed by atoms with E-state index in [1.165, 1.54) is 20.8 Å². The van der Waals surface area contributed by atoms with Crippen LogP contribution in [0, 0.1) is 0 Å². The zero-order valence-electron chi connectivity index (χ0n) is 10.8. The minimum absolute atomic E-state index is 1.14. The molecule has 2 aromatic carbocycles. The average Bonchev–Trinajstić information content (AvgIpc) is 2.32. The van der Waals surface area contributed by atoms with Crippen LogP contribution in [-0.4, -0.2) is 8.07 Å². The van der Waals surface area contributed by atoms with Crippen molar-refractivity contribution < 1.29 is 0 Å². The van der Waals surface area contributed by atoms with E-state index in [4.69, 9.17) is 0 Å². The molecule has 0 atom stereocenters. The van der Waals surface area contributed by atoms with Crippen molar-refractivity contribution in [2.75, 3.05) is 0 Å². The molecule has 0 spiro atoms. The van der Waals surface area contributed by atoms with Crippen LogP contribution in [-0.2, 0) is 0 Å². The molecule has 0 fully saturated rings. The minimum atomic E-state index is -1.35. The Morgan fingerprint density at radius 1 is 0.833 bits per heavy atom. The van der Waals surface area contributed by atoms with Gasteiger partial charge >= 0.3 is 0 Å². The first kappa shape index (κ1) is 14.0. The van der Waals surface area contributed by atoms with Gasteiger partial charge in [-0.05, 0) is 54.2 Å². The number of hydrogen-bond acceptors (Lipinski definition) is 0. The quantitative estimate of drug-likeness (QED) is 0.607. The third-order valence-corrected chi connectivity index (χ3v) is 7.33. The standard InChI is InChI=1S/C15H16Br2Si/c1-18(2,3)14-10-12(9-13(16)15(14)17)11-7-5-4-6-8-11/h4-10H,1-3H3. The topological polar surface area (TPSA) is 0 Å². The van der Waals surface area contributed by atoms with E-state index in [1.807, 2.05) is 0 Å². The highest BCUT2D eigenvalue weighted by atomic mass is 79.9. The Labute approximate surface area is 127 Å². The second kappa shape index (κ2) is 5.31. The summed E-state index contributed by atoms with van der Waals surface area (Å²) in [5.41, 5.74) is 2.55. The van der Waals surface area contributed by atoms with Crippen LogP contribution in [0.25, 0.3) is 11.1 Å². The largest absolute Gasteiger partial charge is 0.0791 e. The second-order valence-electron chi connectivity index (χ2n) is 5.44. The van der Waals surface area contributed by atoms with E-state index in [2.05, 4.69) is 94.0 Å². The molecule has 2 rings (SSSR count). The zero-order valence-corrected chi connectivity index (χ0v) is 15.0. The Morgan fingerprint density at radius 3 is 2.00 bits per heavy atom. The van der Waals surface area contributed by atoms with E-state index < -0.39 is 8.07 Å². The highest BCUT2D eigenvalue weighted by molar-refractivity contribution is 9.13. The molecule has 0 N–H and O–H groups in total. The van der Waals surface area contributed by atoms with Gasteiger partial charge in [0, 0.05) is 8.95 Å². The highest BCUT2D eigenvalue weighted by Crippen LogP contribution is 2.29. The molecule has 0 unspecified atom stereocenters. The Balaban J connectivity index is 2.62. The molecule has 0 nitrogen and oxygen atoms in total. The van der Waals surface area contributed by atoms with Gasteiger partial charge in [-0.25, -0.2) is 0 Å². The molecule has 0 aliphatic rings. The summed E-state index contributed by atoms with van der Waals surface area (Å²) in [6.45, 7) is 7.11. The van der Waals surface area contributed by atoms with Gasteiger partial charge in [-0.1, -0.05) is 56.0 Å². The molecule has 3 heteroatoms. The summed E-state index contributed by atoms with van der Waals surface area (Å²) in [7, 11) is -1.35. The van der Waals surface area contributed by atoms with Crippen molar-refractivity contribution in [3.63, 3.8) is 0 Å². The Bertz CT molecular complexity index is 557. The summed E-state index contributed by atoms with van der Waals surface area (Å²) >= 11 is 7.37. The van der Waals surface area contributed by atoms with E-state index >= 15 is 0 Å². The van der Waals surface area contributed by atoms with Gasteiger partial charge in [0.15, 0.2) is 0 Å². The van der Waals surface area contributed by atoms with Crippen LogP contribution in [0.15, 0.2) is 51.4 Å². The molecule has 0 aromatic heterocycles. The van der Waals surface area contributed by atoms with Gasteiger partial charge in [-0.15, -0.1) is 0 Å². The van der Waals surface area contributed by atoms with Crippen LogP contribution < -0.4 is 5.19 Å². The fraction of sp³-hybridized carbons (Fsp3) is 0.200. The van der Waals surface area contributed by atoms with Crippen LogP contribution in [0.3, 0.4) is 0 Å². The smallest absolute Gasteiger partial charge is 0.0656 e. The summed E-state index contributed by atoms with van der Waals surface area (Å²) in [6.07, 6.45) is 0. The summed E-state index contributed by atoms with van der Waals surface area (Å²) in [5, 5.41) is 1.45. The molecular formula is C15H16Br2Si. The molecule has 2 aromatic rings. The summed E-state index contributed by atoms with van der Waals surface area (Å²) < 4.78 is 2.35. The predicted octanol–water partition coefficient (Wildman–Crippen LogP) is 5.42. The lowest BCUT2D eigenvalue weighted by Gasteiger charge is -2.21. The van der Waals surface area contributed by atoms with Crippen LogP contribution in [0.2, 0.25) is 19.6 Å². The van der Waals surface area contributed by atoms with Crippen LogP contribution in [0.1, 0.15) is 0 Å². The van der Waals surface area contributed by atoms with Gasteiger partial charge in [0.1, 0.15) is 0 Å². The SMILES string of the molecule is C[Si](C)(C)c1cc(-c2ccccc2)cc(Br)c1Br. The molecule has 18 heavy (non-hydrogen) atoms. The molecule has 0 heterocycles. The van der Waals surface area contributed by atoms with Crippen molar-refractivity contribution in [1.29, 1.82) is 0 Å². The molecule has 94 valence electrons. The van der Waals surface area contributed by atoms with Crippen molar-refractivity contribution >= 4 is 45.1 Å². The Hall–Kier alpha value is -0.383. The van der Waals surface area contributed by atoms with Crippen molar-refractivity contribution in [2.45, 2.75) is 19.6 Å². The first-order chi connectivity index (χ1) is 8.39. The highest BCUT2D eigenvalue weighted by Gasteiger charge is 2.21. The van der Waals surface area contributed by atoms with Crippen molar-refractivity contribution in [2.24, 2.45) is 0 Å². The van der Waals surface area contributed by atoms with Crippen LogP contribution in [0.5, 0.6) is 0 Å². The van der Waals surface area contributed by atoms with Gasteiger partial charge in [-0.3, -0.25) is 0 Å². The van der Waals surface area contributed by atoms with Crippen LogP contribution in [0.4, 0.5) is 0 Å². The van der Waals surface area contributed by atoms with Gasteiger partial charge in [-0.2, -0.15) is 0 Å². The number of hydrogen-bond donors (Lipinski definition) is 0. The lowest BCUT2D eigenvalue weighted by molar-refractivity contribution is 1.56. The lowest BCUT2D eigenvalue weighted by atomic mass is 10.1. The van der Waals surface area contributed by atoms with E-state index in [-0.39, 0.29) is 0 Å². The second-order valence-corrected chi connectivity index (χ2v) is 12.1. The van der Waals surface area contributed by atoms with Gasteiger partial charge in [0.25, 0.3) is 0 Å². The fourth-order valence-corrected chi connectivity index (χ4v) is 5.97. The molecule has 0 saturated heterocycles. The number of benzene rings is 2. The van der Waals surface area contributed by atoms with E-state index in [0.717, 1.165) is 4.47 Å². The predicted molar refractivity (Wildman–Crippen MR) is 90.3 cm³/mol. The first-order valence-corrected chi connectivity index (χ1v) is 11.0. The van der Waals surface area contributed by atoms with Crippen LogP contribution >= 0.6 is 31.9 Å². The Morgan fingerprint density at radius 2 is 1.44 bits per heavy atom. The third-order valence-electron chi connectivity index (χ3n) is 2.94. The Kier molecular flexibility index (Phi) is 4.14. The van der Waals surface area contributed by atoms with E-state index in [0.29, 0.717) is 0 Å². The molecule has 0 bridgehead atoms. The summed E-state index contributed by atoms with van der Waals surface area (Å²) in [5.74, 6) is 0. The first-order valence-electron chi connectivity index (χ1n) is 5.94.